The van der Waals surface area contributed by atoms with Crippen LogP contribution in [0.2, 0.25) is 4.47 Å². The molecule has 0 atom stereocenters. The maximum Gasteiger partial charge on any atom is 0.286 e. The normalized spacial score (nSPS) is 10.6. The molecular weight excluding hydrogens is 312 g/mol. The zero-order chi connectivity index (χ0) is 14.8. The van der Waals surface area contributed by atoms with Gasteiger partial charge in [-0.15, -0.1) is 10.2 Å². The predicted octanol–water partition coefficient (Wildman–Crippen LogP) is 2.54. The number of aromatic amines is 1. The molecule has 0 aliphatic rings. The van der Waals surface area contributed by atoms with Gasteiger partial charge in [-0.25, -0.2) is 4.98 Å². The maximum absolute atomic E-state index is 12.0. The number of benzene rings is 1. The lowest BCUT2D eigenvalue weighted by atomic mass is 10.2. The molecule has 0 unspecified atom stereocenters. The molecule has 2 N–H and O–H groups in total. The van der Waals surface area contributed by atoms with Gasteiger partial charge >= 0.3 is 0 Å². The molecule has 2 heterocycles. The van der Waals surface area contributed by atoms with E-state index in [4.69, 9.17) is 11.6 Å². The number of anilines is 1. The molecule has 0 bridgehead atoms. The quantitative estimate of drug-likeness (QED) is 0.773. The number of aryl methyl sites for hydroxylation is 1. The largest absolute Gasteiger partial charge is 0.320 e. The number of H-pyrrole nitrogens is 1. The van der Waals surface area contributed by atoms with Gasteiger partial charge in [-0.1, -0.05) is 23.5 Å². The summed E-state index contributed by atoms with van der Waals surface area (Å²) in [6.45, 7) is 1.82. The minimum absolute atomic E-state index is 0.208. The van der Waals surface area contributed by atoms with Crippen LogP contribution < -0.4 is 5.32 Å². The van der Waals surface area contributed by atoms with Crippen LogP contribution in [0.4, 0.5) is 5.69 Å². The number of rotatable bonds is 3. The monoisotopic (exact) mass is 320 g/mol. The van der Waals surface area contributed by atoms with E-state index < -0.39 is 0 Å². The van der Waals surface area contributed by atoms with E-state index in [1.165, 1.54) is 0 Å². The molecule has 0 saturated heterocycles. The Hall–Kier alpha value is -2.32. The highest BCUT2D eigenvalue weighted by Gasteiger charge is 2.13. The molecule has 1 aromatic carbocycles. The molecule has 1 amide bonds. The molecule has 0 aliphatic heterocycles. The molecule has 0 fully saturated rings. The zero-order valence-corrected chi connectivity index (χ0v) is 12.4. The van der Waals surface area contributed by atoms with Crippen molar-refractivity contribution in [3.8, 4) is 11.4 Å². The lowest BCUT2D eigenvalue weighted by Crippen LogP contribution is -2.11. The van der Waals surface area contributed by atoms with E-state index >= 15 is 0 Å². The molecule has 3 rings (SSSR count). The van der Waals surface area contributed by atoms with Crippen LogP contribution in [0.5, 0.6) is 0 Å². The van der Waals surface area contributed by atoms with Crippen LogP contribution >= 0.6 is 22.9 Å². The number of hydrogen-bond donors (Lipinski definition) is 2. The second kappa shape index (κ2) is 5.58. The van der Waals surface area contributed by atoms with E-state index in [1.807, 2.05) is 19.1 Å². The average Bonchev–Trinajstić information content (AvgIpc) is 3.08. The number of hydrogen-bond acceptors (Lipinski definition) is 6. The van der Waals surface area contributed by atoms with Gasteiger partial charge in [0.1, 0.15) is 5.82 Å². The molecule has 0 radical (unpaired) electrons. The van der Waals surface area contributed by atoms with E-state index in [9.17, 15) is 4.79 Å². The van der Waals surface area contributed by atoms with E-state index in [0.717, 1.165) is 22.7 Å². The Labute approximate surface area is 128 Å². The van der Waals surface area contributed by atoms with Gasteiger partial charge in [-0.3, -0.25) is 9.89 Å². The highest BCUT2D eigenvalue weighted by molar-refractivity contribution is 7.17. The van der Waals surface area contributed by atoms with E-state index in [0.29, 0.717) is 11.5 Å². The van der Waals surface area contributed by atoms with Gasteiger partial charge in [0.05, 0.1) is 0 Å². The van der Waals surface area contributed by atoms with Crippen molar-refractivity contribution in [2.24, 2.45) is 0 Å². The second-order valence-electron chi connectivity index (χ2n) is 4.14. The summed E-state index contributed by atoms with van der Waals surface area (Å²) in [6.07, 6.45) is 0. The number of carbonyl (C=O) groups excluding carboxylic acids is 1. The third kappa shape index (κ3) is 3.06. The van der Waals surface area contributed by atoms with Crippen molar-refractivity contribution >= 4 is 34.5 Å². The Bertz CT molecular complexity index is 798. The number of aromatic nitrogens is 5. The minimum Gasteiger partial charge on any atom is -0.320 e. The summed E-state index contributed by atoms with van der Waals surface area (Å²) in [7, 11) is 0. The molecule has 7 nitrogen and oxygen atoms in total. The fourth-order valence-electron chi connectivity index (χ4n) is 1.69. The van der Waals surface area contributed by atoms with Gasteiger partial charge in [-0.2, -0.15) is 5.10 Å². The van der Waals surface area contributed by atoms with Crippen molar-refractivity contribution in [2.45, 2.75) is 6.92 Å². The molecule has 21 heavy (non-hydrogen) atoms. The van der Waals surface area contributed by atoms with Crippen molar-refractivity contribution in [3.05, 3.63) is 39.6 Å². The van der Waals surface area contributed by atoms with Crippen molar-refractivity contribution < 1.29 is 4.79 Å². The summed E-state index contributed by atoms with van der Waals surface area (Å²) in [4.78, 5) is 16.2. The Balaban J connectivity index is 1.82. The third-order valence-electron chi connectivity index (χ3n) is 2.57. The summed E-state index contributed by atoms with van der Waals surface area (Å²) < 4.78 is 0.227. The molecule has 3 aromatic rings. The third-order valence-corrected chi connectivity index (χ3v) is 3.59. The van der Waals surface area contributed by atoms with Crippen molar-refractivity contribution in [1.82, 2.24) is 25.4 Å². The van der Waals surface area contributed by atoms with E-state index in [1.54, 1.807) is 12.1 Å². The summed E-state index contributed by atoms with van der Waals surface area (Å²) in [5, 5.41) is 17.1. The van der Waals surface area contributed by atoms with Gasteiger partial charge in [0.15, 0.2) is 5.82 Å². The summed E-state index contributed by atoms with van der Waals surface area (Å²) >= 11 is 6.68. The molecule has 0 spiro atoms. The SMILES string of the molecule is Cc1nc(-c2cccc(NC(=O)c3nnc(Cl)s3)c2)n[nH]1. The molecule has 106 valence electrons. The van der Waals surface area contributed by atoms with Crippen LogP contribution in [0.15, 0.2) is 24.3 Å². The average molecular weight is 321 g/mol. The highest BCUT2D eigenvalue weighted by Crippen LogP contribution is 2.21. The standard InChI is InChI=1S/C12H9ClN6OS/c1-6-14-9(17-16-6)7-3-2-4-8(5-7)15-10(20)11-18-19-12(13)21-11/h2-5H,1H3,(H,15,20)(H,14,16,17). The molecule has 9 heteroatoms. The first-order valence-corrected chi connectivity index (χ1v) is 7.11. The summed E-state index contributed by atoms with van der Waals surface area (Å²) in [5.41, 5.74) is 1.42. The van der Waals surface area contributed by atoms with Crippen LogP contribution in [0, 0.1) is 6.92 Å². The van der Waals surface area contributed by atoms with Crippen LogP contribution in [-0.4, -0.2) is 31.3 Å². The number of nitrogens with one attached hydrogen (secondary N) is 2. The van der Waals surface area contributed by atoms with Gasteiger partial charge in [0.2, 0.25) is 9.47 Å². The lowest BCUT2D eigenvalue weighted by molar-refractivity contribution is 0.102. The summed E-state index contributed by atoms with van der Waals surface area (Å²) in [5.74, 6) is 0.938. The second-order valence-corrected chi connectivity index (χ2v) is 5.70. The fourth-order valence-corrected chi connectivity index (χ4v) is 2.41. The lowest BCUT2D eigenvalue weighted by Gasteiger charge is -2.03. The fraction of sp³-hybridized carbons (Fsp3) is 0.0833. The van der Waals surface area contributed by atoms with Crippen molar-refractivity contribution in [1.29, 1.82) is 0 Å². The van der Waals surface area contributed by atoms with Crippen LogP contribution in [0.25, 0.3) is 11.4 Å². The Morgan fingerprint density at radius 2 is 2.24 bits per heavy atom. The highest BCUT2D eigenvalue weighted by atomic mass is 35.5. The number of nitrogens with zero attached hydrogens (tertiary/aromatic N) is 4. The zero-order valence-electron chi connectivity index (χ0n) is 10.8. The van der Waals surface area contributed by atoms with Gasteiger partial charge in [0.25, 0.3) is 5.91 Å². The maximum atomic E-state index is 12.0. The smallest absolute Gasteiger partial charge is 0.286 e. The predicted molar refractivity (Wildman–Crippen MR) is 79.4 cm³/mol. The number of carbonyl (C=O) groups is 1. The Morgan fingerprint density at radius 3 is 2.90 bits per heavy atom. The molecule has 0 saturated carbocycles. The van der Waals surface area contributed by atoms with Gasteiger partial charge in [0, 0.05) is 11.3 Å². The first-order chi connectivity index (χ1) is 10.1. The van der Waals surface area contributed by atoms with Gasteiger partial charge < -0.3 is 5.32 Å². The van der Waals surface area contributed by atoms with Crippen molar-refractivity contribution in [3.63, 3.8) is 0 Å². The molecule has 0 aliphatic carbocycles. The van der Waals surface area contributed by atoms with Crippen LogP contribution in [0.3, 0.4) is 0 Å². The topological polar surface area (TPSA) is 96.5 Å². The molecular formula is C12H9ClN6OS. The number of halogens is 1. The Morgan fingerprint density at radius 1 is 1.38 bits per heavy atom. The van der Waals surface area contributed by atoms with Gasteiger partial charge in [-0.05, 0) is 30.7 Å². The first kappa shape index (κ1) is 13.7. The van der Waals surface area contributed by atoms with Crippen LogP contribution in [0.1, 0.15) is 15.6 Å². The van der Waals surface area contributed by atoms with E-state index in [-0.39, 0.29) is 15.4 Å². The molecule has 2 aromatic heterocycles. The van der Waals surface area contributed by atoms with Crippen molar-refractivity contribution in [2.75, 3.05) is 5.32 Å². The van der Waals surface area contributed by atoms with E-state index in [2.05, 4.69) is 30.7 Å². The first-order valence-electron chi connectivity index (χ1n) is 5.91. The number of amides is 1. The summed E-state index contributed by atoms with van der Waals surface area (Å²) in [6, 6.07) is 7.22. The minimum atomic E-state index is -0.359. The Kier molecular flexibility index (Phi) is 3.63. The van der Waals surface area contributed by atoms with Crippen LogP contribution in [-0.2, 0) is 0 Å².